The van der Waals surface area contributed by atoms with Gasteiger partial charge in [0.05, 0.1) is 19.1 Å². The highest BCUT2D eigenvalue weighted by atomic mass is 31.2. The van der Waals surface area contributed by atoms with E-state index in [1.165, 1.54) is 15.7 Å². The maximum absolute atomic E-state index is 13.4. The van der Waals surface area contributed by atoms with E-state index in [1.807, 2.05) is 32.4 Å². The number of amides is 2. The number of carbonyl (C=O) groups is 2. The van der Waals surface area contributed by atoms with Crippen molar-refractivity contribution in [3.63, 3.8) is 0 Å². The van der Waals surface area contributed by atoms with Crippen LogP contribution in [0.4, 0.5) is 5.82 Å². The summed E-state index contributed by atoms with van der Waals surface area (Å²) >= 11 is 0. The van der Waals surface area contributed by atoms with Crippen molar-refractivity contribution < 1.29 is 24.7 Å². The van der Waals surface area contributed by atoms with E-state index in [1.54, 1.807) is 44.3 Å². The summed E-state index contributed by atoms with van der Waals surface area (Å²) < 4.78 is 30.6. The Hall–Kier alpha value is -3.20. The molecule has 0 aliphatic carbocycles. The van der Waals surface area contributed by atoms with Crippen LogP contribution in [0.2, 0.25) is 0 Å². The second-order valence-corrected chi connectivity index (χ2v) is 12.1. The summed E-state index contributed by atoms with van der Waals surface area (Å²) in [6.07, 6.45) is -0.247. The smallest absolute Gasteiger partial charge is 0.337 e. The van der Waals surface area contributed by atoms with E-state index in [-0.39, 0.29) is 30.9 Å². The number of hydrogen-bond acceptors (Lipinski definition) is 9. The highest BCUT2D eigenvalue weighted by molar-refractivity contribution is 7.44. The molecule has 2 amide bonds. The molecule has 2 aromatic rings. The maximum Gasteiger partial charge on any atom is 0.351 e. The number of aromatic nitrogens is 2. The Balaban J connectivity index is 1.67. The van der Waals surface area contributed by atoms with Gasteiger partial charge in [-0.15, -0.1) is 0 Å². The molecule has 1 N–H and O–H groups in total. The molecule has 0 spiro atoms. The van der Waals surface area contributed by atoms with Gasteiger partial charge in [-0.2, -0.15) is 10.2 Å². The van der Waals surface area contributed by atoms with Crippen molar-refractivity contribution in [2.24, 2.45) is 0 Å². The Morgan fingerprint density at radius 3 is 2.59 bits per heavy atom. The van der Waals surface area contributed by atoms with Crippen LogP contribution in [0.3, 0.4) is 0 Å². The van der Waals surface area contributed by atoms with Crippen molar-refractivity contribution in [2.75, 3.05) is 19.0 Å². The third-order valence-corrected chi connectivity index (χ3v) is 9.18. The first kappa shape index (κ1) is 29.3. The van der Waals surface area contributed by atoms with Crippen LogP contribution in [0.1, 0.15) is 64.5 Å². The van der Waals surface area contributed by atoms with Crippen LogP contribution in [0.15, 0.2) is 41.3 Å². The fraction of sp³-hybridized carbons (Fsp3) is 0.536. The molecule has 2 bridgehead atoms. The van der Waals surface area contributed by atoms with E-state index in [9.17, 15) is 14.4 Å². The van der Waals surface area contributed by atoms with E-state index in [0.29, 0.717) is 11.1 Å². The molecule has 2 saturated heterocycles. The van der Waals surface area contributed by atoms with Gasteiger partial charge in [0, 0.05) is 37.8 Å². The van der Waals surface area contributed by atoms with Crippen molar-refractivity contribution in [3.05, 3.63) is 58.1 Å². The van der Waals surface area contributed by atoms with Gasteiger partial charge in [0.1, 0.15) is 18.0 Å². The average molecular weight is 586 g/mol. The minimum atomic E-state index is -1.76. The zero-order chi connectivity index (χ0) is 30.8. The number of nitrogens with zero attached hydrogens (tertiary/aromatic N) is 5. The largest absolute Gasteiger partial charge is 0.351 e. The quantitative estimate of drug-likeness (QED) is 0.310. The van der Waals surface area contributed by atoms with Gasteiger partial charge in [-0.1, -0.05) is 18.2 Å². The number of anilines is 1. The summed E-state index contributed by atoms with van der Waals surface area (Å²) in [6.45, 7) is 9.39. The van der Waals surface area contributed by atoms with Crippen LogP contribution < -0.4 is 11.0 Å². The third kappa shape index (κ3) is 5.92. The number of ether oxygens (including phenoxy) is 1. The van der Waals surface area contributed by atoms with Crippen molar-refractivity contribution in [3.8, 4) is 6.07 Å². The average Bonchev–Trinajstić information content (AvgIpc) is 3.37. The van der Waals surface area contributed by atoms with Crippen LogP contribution >= 0.6 is 8.53 Å². The third-order valence-electron chi connectivity index (χ3n) is 7.07. The predicted molar refractivity (Wildman–Crippen MR) is 153 cm³/mol. The first-order valence-corrected chi connectivity index (χ1v) is 14.5. The van der Waals surface area contributed by atoms with Gasteiger partial charge in [0.25, 0.3) is 20.3 Å². The van der Waals surface area contributed by atoms with Gasteiger partial charge in [-0.3, -0.25) is 14.2 Å². The Labute approximate surface area is 242 Å². The molecule has 5 atom stereocenters. The van der Waals surface area contributed by atoms with Crippen molar-refractivity contribution in [2.45, 2.75) is 84.0 Å². The fourth-order valence-electron chi connectivity index (χ4n) is 5.18. The second-order valence-electron chi connectivity index (χ2n) is 10.7. The molecule has 4 rings (SSSR count). The Morgan fingerprint density at radius 1 is 1.29 bits per heavy atom. The van der Waals surface area contributed by atoms with Gasteiger partial charge in [-0.25, -0.2) is 9.46 Å². The first-order chi connectivity index (χ1) is 20.0. The molecule has 41 heavy (non-hydrogen) atoms. The number of rotatable bonds is 11. The van der Waals surface area contributed by atoms with Gasteiger partial charge < -0.3 is 24.0 Å². The summed E-state index contributed by atoms with van der Waals surface area (Å²) in [4.78, 5) is 45.0. The lowest BCUT2D eigenvalue weighted by Crippen LogP contribution is -2.49. The van der Waals surface area contributed by atoms with Crippen LogP contribution in [-0.4, -0.2) is 74.4 Å². The highest BCUT2D eigenvalue weighted by Crippen LogP contribution is 2.55. The number of fused-ring (bicyclic) bond motifs is 2. The molecule has 2 aliphatic heterocycles. The molecule has 13 heteroatoms. The first-order valence-electron chi connectivity index (χ1n) is 14.1. The Bertz CT molecular complexity index is 1390. The molecule has 2 fully saturated rings. The van der Waals surface area contributed by atoms with Crippen LogP contribution in [-0.2, 0) is 18.6 Å². The minimum Gasteiger partial charge on any atom is -0.337 e. The number of likely N-dealkylation sites (N-methyl/N-ethyl adjacent to an activating group) is 1. The molecule has 2 aliphatic rings. The van der Waals surface area contributed by atoms with E-state index in [0.717, 1.165) is 0 Å². The molecule has 220 valence electrons. The van der Waals surface area contributed by atoms with Crippen LogP contribution in [0.25, 0.3) is 0 Å². The second kappa shape index (κ2) is 12.3. The number of hydrogen-bond donors (Lipinski definition) is 1. The van der Waals surface area contributed by atoms with Crippen LogP contribution in [0.5, 0.6) is 0 Å². The molecule has 0 saturated carbocycles. The van der Waals surface area contributed by atoms with Gasteiger partial charge in [0.2, 0.25) is 0 Å². The van der Waals surface area contributed by atoms with E-state index >= 15 is 0 Å². The molecule has 3 heterocycles. The number of carbonyl (C=O) groups excluding carboxylic acids is 2. The lowest BCUT2D eigenvalue weighted by Gasteiger charge is -2.37. The minimum absolute atomic E-state index is 0.0162. The lowest BCUT2D eigenvalue weighted by atomic mass is 10.0. The highest BCUT2D eigenvalue weighted by Gasteiger charge is 2.68. The maximum atomic E-state index is 13.4. The zero-order valence-corrected chi connectivity index (χ0v) is 25.0. The predicted octanol–water partition coefficient (Wildman–Crippen LogP) is 3.59. The molecule has 12 nitrogen and oxygen atoms in total. The van der Waals surface area contributed by atoms with Gasteiger partial charge in [0.15, 0.2) is 11.8 Å². The summed E-state index contributed by atoms with van der Waals surface area (Å²) in [5, 5.41) is 11.7. The molecule has 1 unspecified atom stereocenters. The molecule has 1 aromatic heterocycles. The molecule has 1 aromatic carbocycles. The molecular weight excluding hydrogens is 547 g/mol. The summed E-state index contributed by atoms with van der Waals surface area (Å²) in [5.74, 6) is -0.712. The lowest BCUT2D eigenvalue weighted by molar-refractivity contribution is -0.171. The number of aryl methyl sites for hydroxylation is 1. The van der Waals surface area contributed by atoms with Crippen LogP contribution in [0, 0.1) is 18.3 Å². The van der Waals surface area contributed by atoms with E-state index in [4.69, 9.17) is 20.4 Å². The van der Waals surface area contributed by atoms with Crippen molar-refractivity contribution in [1.82, 2.24) is 19.1 Å². The molecule has 0 radical (unpaired) electrons. The van der Waals surface area contributed by atoms with Crippen molar-refractivity contribution >= 4 is 26.2 Å². The topological polar surface area (TPSA) is 139 Å². The summed E-state index contributed by atoms with van der Waals surface area (Å²) in [7, 11) is -0.169. The summed E-state index contributed by atoms with van der Waals surface area (Å²) in [5.41, 5.74) is -1.44. The van der Waals surface area contributed by atoms with E-state index in [2.05, 4.69) is 16.4 Å². The number of nitrogens with one attached hydrogen (secondary N) is 1. The zero-order valence-electron chi connectivity index (χ0n) is 25.1. The SMILES string of the molecule is [2H]C[C@@]12O[C@@H](n3cc(C)c(NC(=O)c4ccccc4)nc3=O)[C@@H]([C@@H]1OP(OCCC#N)N(C(C)C)C(C)C)N(C)C2=O. The summed E-state index contributed by atoms with van der Waals surface area (Å²) in [6, 6.07) is 9.91. The van der Waals surface area contributed by atoms with Crippen molar-refractivity contribution in [1.29, 1.82) is 5.26 Å². The van der Waals surface area contributed by atoms with Gasteiger partial charge in [-0.05, 0) is 53.7 Å². The number of likely N-dealkylation sites (tertiary alicyclic amines) is 1. The number of nitriles is 1. The number of morpholine rings is 1. The standard InChI is InChI=1S/C28H37N6O6P/c1-17(2)34(18(3)4)41(38-15-11-14-29)40-22-21-25(39-28(22,6)26(36)32(21)7)33-16-19(5)23(31-27(33)37)30-24(35)20-12-9-8-10-13-20/h8-10,12-13,16-18,21-22,25H,11,15H2,1-7H3,(H,30,31,35,37)/t21-,22+,25-,28-,41?/m1/s1/i6D. The normalized spacial score (nSPS) is 24.7. The van der Waals surface area contributed by atoms with E-state index < -0.39 is 56.9 Å². The van der Waals surface area contributed by atoms with Gasteiger partial charge >= 0.3 is 5.69 Å². The number of benzene rings is 1. The Kier molecular flexibility index (Phi) is 8.82. The Morgan fingerprint density at radius 2 is 1.98 bits per heavy atom. The fourth-order valence-corrected chi connectivity index (χ4v) is 6.98. The molecular formula is C28H37N6O6P. The monoisotopic (exact) mass is 585 g/mol.